The topological polar surface area (TPSA) is 81.5 Å². The van der Waals surface area contributed by atoms with E-state index in [1.807, 2.05) is 13.8 Å². The lowest BCUT2D eigenvalue weighted by atomic mass is 10.1. The number of nitrogens with one attached hydrogen (secondary N) is 1. The summed E-state index contributed by atoms with van der Waals surface area (Å²) in [7, 11) is 0. The van der Waals surface area contributed by atoms with E-state index in [1.54, 1.807) is 19.1 Å². The maximum atomic E-state index is 12.3. The van der Waals surface area contributed by atoms with Crippen LogP contribution >= 0.6 is 27.5 Å². The second kappa shape index (κ2) is 7.84. The molecule has 0 heterocycles. The van der Waals surface area contributed by atoms with Crippen LogP contribution in [0.1, 0.15) is 18.1 Å². The van der Waals surface area contributed by atoms with E-state index in [2.05, 4.69) is 21.2 Å². The molecule has 0 aliphatic heterocycles. The molecule has 1 N–H and O–H groups in total. The van der Waals surface area contributed by atoms with Crippen molar-refractivity contribution in [3.63, 3.8) is 0 Å². The van der Waals surface area contributed by atoms with Crippen molar-refractivity contribution in [1.82, 2.24) is 0 Å². The molecule has 2 aromatic carbocycles. The van der Waals surface area contributed by atoms with E-state index in [0.29, 0.717) is 20.9 Å². The number of hydrogen-bond donors (Lipinski definition) is 1. The quantitative estimate of drug-likeness (QED) is 0.536. The molecule has 0 aliphatic rings. The minimum absolute atomic E-state index is 0.0683. The van der Waals surface area contributed by atoms with Gasteiger partial charge in [0.1, 0.15) is 5.75 Å². The average molecular weight is 428 g/mol. The van der Waals surface area contributed by atoms with Crippen LogP contribution < -0.4 is 10.1 Å². The summed E-state index contributed by atoms with van der Waals surface area (Å²) in [5, 5.41) is 14.1. The van der Waals surface area contributed by atoms with Gasteiger partial charge in [-0.1, -0.05) is 11.6 Å². The summed E-state index contributed by atoms with van der Waals surface area (Å²) in [5.74, 6) is 0.171. The molecule has 6 nitrogen and oxygen atoms in total. The fourth-order valence-corrected chi connectivity index (χ4v) is 2.76. The van der Waals surface area contributed by atoms with Crippen LogP contribution in [0.5, 0.6) is 5.75 Å². The molecule has 1 amide bonds. The summed E-state index contributed by atoms with van der Waals surface area (Å²) in [5.41, 5.74) is 2.08. The summed E-state index contributed by atoms with van der Waals surface area (Å²) in [6, 6.07) is 7.64. The Kier molecular flexibility index (Phi) is 6.02. The van der Waals surface area contributed by atoms with Gasteiger partial charge in [0.05, 0.1) is 10.6 Å². The zero-order valence-corrected chi connectivity index (χ0v) is 16.1. The van der Waals surface area contributed by atoms with Crippen molar-refractivity contribution in [3.8, 4) is 5.75 Å². The molecule has 1 atom stereocenters. The molecule has 0 fully saturated rings. The van der Waals surface area contributed by atoms with E-state index in [1.165, 1.54) is 18.2 Å². The maximum Gasteiger partial charge on any atom is 0.270 e. The second-order valence-electron chi connectivity index (χ2n) is 5.54. The molecular weight excluding hydrogens is 412 g/mol. The monoisotopic (exact) mass is 426 g/mol. The summed E-state index contributed by atoms with van der Waals surface area (Å²) in [6.45, 7) is 5.34. The lowest BCUT2D eigenvalue weighted by Crippen LogP contribution is -2.30. The lowest BCUT2D eigenvalue weighted by Gasteiger charge is -2.16. The smallest absolute Gasteiger partial charge is 0.270 e. The highest BCUT2D eigenvalue weighted by Gasteiger charge is 2.18. The first-order chi connectivity index (χ1) is 11.7. The maximum absolute atomic E-state index is 12.3. The number of halogens is 2. The Hall–Kier alpha value is -2.12. The predicted molar refractivity (Wildman–Crippen MR) is 100 cm³/mol. The number of carbonyl (C=O) groups excluding carboxylic acids is 1. The van der Waals surface area contributed by atoms with Crippen molar-refractivity contribution in [1.29, 1.82) is 0 Å². The summed E-state index contributed by atoms with van der Waals surface area (Å²) < 4.78 is 6.09. The molecule has 0 saturated carbocycles. The molecule has 0 aliphatic carbocycles. The van der Waals surface area contributed by atoms with Crippen molar-refractivity contribution in [2.45, 2.75) is 26.9 Å². The number of hydrogen-bond acceptors (Lipinski definition) is 4. The van der Waals surface area contributed by atoms with Crippen LogP contribution in [0.3, 0.4) is 0 Å². The Bertz CT molecular complexity index is 818. The number of anilines is 1. The molecular formula is C17H16BrClN2O4. The fourth-order valence-electron chi connectivity index (χ4n) is 2.19. The minimum Gasteiger partial charge on any atom is -0.481 e. The van der Waals surface area contributed by atoms with Crippen molar-refractivity contribution < 1.29 is 14.5 Å². The van der Waals surface area contributed by atoms with Gasteiger partial charge in [-0.25, -0.2) is 0 Å². The van der Waals surface area contributed by atoms with Crippen molar-refractivity contribution in [3.05, 3.63) is 61.1 Å². The fraction of sp³-hybridized carbons (Fsp3) is 0.235. The molecule has 0 spiro atoms. The standard InChI is InChI=1S/C17H16BrClN2O4/c1-9-6-13(7-10(2)16(9)19)25-11(3)17(22)20-15-5-4-12(21(23)24)8-14(15)18/h4-8,11H,1-3H3,(H,20,22)/t11-/m0/s1. The zero-order chi connectivity index (χ0) is 18.7. The first kappa shape index (κ1) is 19.2. The molecule has 0 aromatic heterocycles. The van der Waals surface area contributed by atoms with Crippen LogP contribution in [-0.4, -0.2) is 16.9 Å². The number of nitrogens with zero attached hydrogens (tertiary/aromatic N) is 1. The number of nitro benzene ring substituents is 1. The summed E-state index contributed by atoms with van der Waals surface area (Å²) in [4.78, 5) is 22.5. The predicted octanol–water partition coefficient (Wildman–Crippen LogP) is 5.03. The number of non-ortho nitro benzene ring substituents is 1. The molecule has 0 radical (unpaired) electrons. The van der Waals surface area contributed by atoms with E-state index in [0.717, 1.165) is 11.1 Å². The molecule has 0 unspecified atom stereocenters. The van der Waals surface area contributed by atoms with Gasteiger partial charge in [0.15, 0.2) is 6.10 Å². The van der Waals surface area contributed by atoms with E-state index in [-0.39, 0.29) is 11.6 Å². The molecule has 132 valence electrons. The summed E-state index contributed by atoms with van der Waals surface area (Å²) in [6.07, 6.45) is -0.762. The van der Waals surface area contributed by atoms with E-state index in [4.69, 9.17) is 16.3 Å². The highest BCUT2D eigenvalue weighted by atomic mass is 79.9. The number of benzene rings is 2. The van der Waals surface area contributed by atoms with Gasteiger partial charge in [-0.3, -0.25) is 14.9 Å². The number of carbonyl (C=O) groups is 1. The number of ether oxygens (including phenoxy) is 1. The number of rotatable bonds is 5. The third-order valence-electron chi connectivity index (χ3n) is 3.51. The normalized spacial score (nSPS) is 11.7. The van der Waals surface area contributed by atoms with Gasteiger partial charge >= 0.3 is 0 Å². The van der Waals surface area contributed by atoms with Gasteiger partial charge in [0.2, 0.25) is 0 Å². The molecule has 0 saturated heterocycles. The first-order valence-corrected chi connectivity index (χ1v) is 8.54. The molecule has 2 rings (SSSR count). The van der Waals surface area contributed by atoms with Crippen LogP contribution in [0.25, 0.3) is 0 Å². The molecule has 25 heavy (non-hydrogen) atoms. The largest absolute Gasteiger partial charge is 0.481 e. The lowest BCUT2D eigenvalue weighted by molar-refractivity contribution is -0.384. The molecule has 2 aromatic rings. The Morgan fingerprint density at radius 2 is 1.88 bits per heavy atom. The van der Waals surface area contributed by atoms with Gasteiger partial charge in [-0.15, -0.1) is 0 Å². The Labute approximate surface area is 158 Å². The number of aryl methyl sites for hydroxylation is 2. The van der Waals surface area contributed by atoms with Gasteiger partial charge in [-0.2, -0.15) is 0 Å². The SMILES string of the molecule is Cc1cc(O[C@@H](C)C(=O)Nc2ccc([N+](=O)[O-])cc2Br)cc(C)c1Cl. The average Bonchev–Trinajstić information content (AvgIpc) is 2.54. The Morgan fingerprint density at radius 3 is 2.40 bits per heavy atom. The van der Waals surface area contributed by atoms with Gasteiger partial charge in [0.25, 0.3) is 11.6 Å². The zero-order valence-electron chi connectivity index (χ0n) is 13.8. The van der Waals surface area contributed by atoms with Crippen LogP contribution in [0.4, 0.5) is 11.4 Å². The second-order valence-corrected chi connectivity index (χ2v) is 6.77. The van der Waals surface area contributed by atoms with Gasteiger partial charge < -0.3 is 10.1 Å². The van der Waals surface area contributed by atoms with Gasteiger partial charge in [0, 0.05) is 21.6 Å². The van der Waals surface area contributed by atoms with Gasteiger partial charge in [-0.05, 0) is 66.0 Å². The minimum atomic E-state index is -0.762. The van der Waals surface area contributed by atoms with E-state index < -0.39 is 11.0 Å². The molecule has 0 bridgehead atoms. The van der Waals surface area contributed by atoms with Crippen molar-refractivity contribution in [2.75, 3.05) is 5.32 Å². The van der Waals surface area contributed by atoms with Crippen molar-refractivity contribution >= 4 is 44.8 Å². The third-order valence-corrected chi connectivity index (χ3v) is 4.77. The third kappa shape index (κ3) is 4.70. The Balaban J connectivity index is 2.09. The number of amides is 1. The van der Waals surface area contributed by atoms with Crippen LogP contribution in [-0.2, 0) is 4.79 Å². The Morgan fingerprint density at radius 1 is 1.28 bits per heavy atom. The first-order valence-electron chi connectivity index (χ1n) is 7.37. The van der Waals surface area contributed by atoms with Crippen LogP contribution in [0.15, 0.2) is 34.8 Å². The highest BCUT2D eigenvalue weighted by molar-refractivity contribution is 9.10. The number of nitro groups is 1. The molecule has 8 heteroatoms. The van der Waals surface area contributed by atoms with Crippen molar-refractivity contribution in [2.24, 2.45) is 0 Å². The van der Waals surface area contributed by atoms with E-state index >= 15 is 0 Å². The highest BCUT2D eigenvalue weighted by Crippen LogP contribution is 2.28. The van der Waals surface area contributed by atoms with Crippen LogP contribution in [0.2, 0.25) is 5.02 Å². The van der Waals surface area contributed by atoms with Crippen LogP contribution in [0, 0.1) is 24.0 Å². The summed E-state index contributed by atoms with van der Waals surface area (Å²) >= 11 is 9.33. The van der Waals surface area contributed by atoms with E-state index in [9.17, 15) is 14.9 Å².